The average Bonchev–Trinajstić information content (AvgIpc) is 3.93. The minimum Gasteiger partial charge on any atom is -0.506 e. The molecule has 18 nitrogen and oxygen atoms in total. The first-order chi connectivity index (χ1) is 33.9. The molecule has 72 heavy (non-hydrogen) atoms. The van der Waals surface area contributed by atoms with Crippen LogP contribution < -0.4 is 16.4 Å². The molecule has 5 N–H and O–H groups in total. The predicted octanol–water partition coefficient (Wildman–Crippen LogP) is 6.19. The van der Waals surface area contributed by atoms with E-state index in [2.05, 4.69) is 15.6 Å². The summed E-state index contributed by atoms with van der Waals surface area (Å²) in [6.45, 7) is 15.9. The zero-order valence-corrected chi connectivity index (χ0v) is 46.2. The van der Waals surface area contributed by atoms with Crippen LogP contribution in [0.4, 0.5) is 5.69 Å². The van der Waals surface area contributed by atoms with Crippen LogP contribution in [0.5, 0.6) is 5.75 Å². The van der Waals surface area contributed by atoms with Crippen molar-refractivity contribution in [2.45, 2.75) is 149 Å². The van der Waals surface area contributed by atoms with Gasteiger partial charge in [-0.1, -0.05) is 47.1 Å². The molecule has 1 saturated heterocycles. The zero-order chi connectivity index (χ0) is 54.0. The topological polar surface area (TPSA) is 248 Å². The summed E-state index contributed by atoms with van der Waals surface area (Å²) < 4.78 is 11.3. The molecule has 3 rings (SSSR count). The number of esters is 1. The number of nitrogens with two attached hydrogens (primary N) is 1. The van der Waals surface area contributed by atoms with Crippen LogP contribution in [-0.4, -0.2) is 148 Å². The minimum absolute atomic E-state index is 0.0160. The Bertz CT molecular complexity index is 2180. The number of carbonyl (C=O) groups is 8. The van der Waals surface area contributed by atoms with Crippen molar-refractivity contribution in [1.29, 1.82) is 0 Å². The van der Waals surface area contributed by atoms with Crippen LogP contribution in [0, 0.1) is 23.7 Å². The Hall–Kier alpha value is -4.76. The molecule has 0 radical (unpaired) electrons. The number of anilines is 1. The highest BCUT2D eigenvalue weighted by atomic mass is 32.2. The van der Waals surface area contributed by atoms with Crippen molar-refractivity contribution >= 4 is 75.9 Å². The van der Waals surface area contributed by atoms with Gasteiger partial charge in [0.2, 0.25) is 23.6 Å². The summed E-state index contributed by atoms with van der Waals surface area (Å²) in [5, 5.41) is 18.0. The van der Waals surface area contributed by atoms with Gasteiger partial charge in [0, 0.05) is 95.1 Å². The third-order valence-electron chi connectivity index (χ3n) is 13.8. The van der Waals surface area contributed by atoms with Gasteiger partial charge in [0.25, 0.3) is 5.91 Å². The first-order valence-corrected chi connectivity index (χ1v) is 27.2. The smallest absolute Gasteiger partial charge is 0.303 e. The predicted molar refractivity (Wildman–Crippen MR) is 280 cm³/mol. The summed E-state index contributed by atoms with van der Waals surface area (Å²) in [6.07, 6.45) is 3.34. The van der Waals surface area contributed by atoms with Crippen molar-refractivity contribution in [2.75, 3.05) is 59.0 Å². The second-order valence-corrected chi connectivity index (χ2v) is 22.0. The van der Waals surface area contributed by atoms with Crippen molar-refractivity contribution in [3.8, 4) is 5.75 Å². The van der Waals surface area contributed by atoms with E-state index in [9.17, 15) is 43.5 Å². The summed E-state index contributed by atoms with van der Waals surface area (Å²) in [4.78, 5) is 115. The molecule has 1 fully saturated rings. The van der Waals surface area contributed by atoms with Gasteiger partial charge in [-0.05, 0) is 89.4 Å². The number of aromatic hydroxyl groups is 1. The lowest BCUT2D eigenvalue weighted by molar-refractivity contribution is -0.150. The number of nitrogens with zero attached hydrogens (tertiary/aromatic N) is 4. The lowest BCUT2D eigenvalue weighted by Crippen LogP contribution is -2.50. The number of likely N-dealkylation sites (N-methyl/N-ethyl adjacent to an activating group) is 1. The van der Waals surface area contributed by atoms with E-state index in [0.29, 0.717) is 43.2 Å². The number of likely N-dealkylation sites (tertiary alicyclic amines) is 1. The molecule has 1 aliphatic rings. The summed E-state index contributed by atoms with van der Waals surface area (Å²) in [6, 6.07) is 3.60. The Balaban J connectivity index is 1.86. The minimum atomic E-state index is -0.918. The van der Waals surface area contributed by atoms with Crippen molar-refractivity contribution in [3.63, 3.8) is 0 Å². The van der Waals surface area contributed by atoms with Crippen LogP contribution in [0.1, 0.15) is 140 Å². The molecule has 402 valence electrons. The van der Waals surface area contributed by atoms with Crippen LogP contribution in [0.3, 0.4) is 0 Å². The van der Waals surface area contributed by atoms with Crippen molar-refractivity contribution in [3.05, 3.63) is 39.8 Å². The highest BCUT2D eigenvalue weighted by Gasteiger charge is 2.40. The first-order valence-electron chi connectivity index (χ1n) is 25.1. The monoisotopic (exact) mass is 1040 g/mol. The van der Waals surface area contributed by atoms with Crippen LogP contribution in [0.25, 0.3) is 0 Å². The third kappa shape index (κ3) is 18.0. The lowest BCUT2D eigenvalue weighted by atomic mass is 9.81. The maximum absolute atomic E-state index is 14.4. The molecule has 0 bridgehead atoms. The molecule has 0 saturated carbocycles. The fourth-order valence-corrected chi connectivity index (χ4v) is 10.0. The Morgan fingerprint density at radius 3 is 2.32 bits per heavy atom. The van der Waals surface area contributed by atoms with E-state index >= 15 is 0 Å². The number of benzene rings is 1. The van der Waals surface area contributed by atoms with Crippen molar-refractivity contribution in [2.24, 2.45) is 29.4 Å². The number of hydrogen-bond donors (Lipinski definition) is 4. The number of carbonyl (C=O) groups excluding carboxylic acids is 8. The highest BCUT2D eigenvalue weighted by Crippen LogP contribution is 2.34. The van der Waals surface area contributed by atoms with Gasteiger partial charge in [0.1, 0.15) is 22.2 Å². The van der Waals surface area contributed by atoms with Gasteiger partial charge in [-0.3, -0.25) is 48.2 Å². The number of ether oxygens (including phenoxy) is 2. The average molecular weight is 1040 g/mol. The molecule has 0 spiro atoms. The normalized spacial score (nSPS) is 16.5. The molecule has 2 aromatic rings. The standard InChI is InChI=1S/C52H81N7O11S2/c1-13-32(4)37(27-45(63)52(7,8)57(9)10)50(67)58(11)40(31(2)3)28-43(70-34(6)60)49-56-39(30-72-49)48(66)54-36(24-33(5)41(61)16-15-22-69-23-20-53)25-35-18-19-42(62)38(26-35)55-46(64)17-14-21-59-47(65)29-44(71-12)51(59)68/h18-19,26,30-33,36-37,40,43-44,62H,13-17,20-25,27-29,53H2,1-12H3,(H,54,66)(H,55,64)/t32-,33?,36+,37-,40+,43+,44?/m0/s1. The van der Waals surface area contributed by atoms with Crippen LogP contribution in [0.15, 0.2) is 23.6 Å². The van der Waals surface area contributed by atoms with Gasteiger partial charge < -0.3 is 35.8 Å². The molecule has 1 aromatic carbocycles. The Kier molecular flexibility index (Phi) is 25.0. The molecule has 2 unspecified atom stereocenters. The molecule has 1 aromatic heterocycles. The largest absolute Gasteiger partial charge is 0.506 e. The summed E-state index contributed by atoms with van der Waals surface area (Å²) in [5.41, 5.74) is 5.56. The summed E-state index contributed by atoms with van der Waals surface area (Å²) in [5.74, 6) is -3.74. The zero-order valence-electron chi connectivity index (χ0n) is 44.5. The van der Waals surface area contributed by atoms with E-state index < -0.39 is 58.6 Å². The van der Waals surface area contributed by atoms with E-state index in [1.54, 1.807) is 42.6 Å². The number of ketones is 2. The van der Waals surface area contributed by atoms with Gasteiger partial charge in [0.15, 0.2) is 11.9 Å². The van der Waals surface area contributed by atoms with Crippen LogP contribution in [-0.2, 0) is 49.5 Å². The number of phenolic OH excluding ortho intramolecular Hbond substituents is 1. The number of thiazole rings is 1. The number of thioether (sulfide) groups is 1. The number of aromatic nitrogens is 1. The molecular formula is C52H81N7O11S2. The molecule has 1 aliphatic heterocycles. The van der Waals surface area contributed by atoms with Gasteiger partial charge in [-0.25, -0.2) is 4.98 Å². The Morgan fingerprint density at radius 1 is 1.03 bits per heavy atom. The Morgan fingerprint density at radius 2 is 1.72 bits per heavy atom. The molecule has 20 heteroatoms. The molecule has 0 aliphatic carbocycles. The maximum atomic E-state index is 14.4. The van der Waals surface area contributed by atoms with Gasteiger partial charge in [-0.15, -0.1) is 11.3 Å². The van der Waals surface area contributed by atoms with Crippen LogP contribution >= 0.6 is 23.1 Å². The SMILES string of the molecule is CC[C@H](C)[C@H](CC(=O)C(C)(C)N(C)C)C(=O)N(C)[C@H](C[C@@H](OC(C)=O)c1nc(C(=O)N[C@@H](Cc2ccc(O)c(NC(=O)CCCN3C(=O)CC(SC)C3=O)c2)CC(C)C(=O)CCCOCCN)cs1)C(C)C. The number of Topliss-reactive ketones (excluding diaryl/α,β-unsaturated/α-hetero) is 2. The van der Waals surface area contributed by atoms with E-state index in [1.165, 1.54) is 29.7 Å². The number of phenols is 1. The second-order valence-electron chi connectivity index (χ2n) is 20.0. The second kappa shape index (κ2) is 29.2. The molecule has 2 heterocycles. The fourth-order valence-electron chi connectivity index (χ4n) is 8.54. The first kappa shape index (κ1) is 61.5. The Labute approximate surface area is 434 Å². The maximum Gasteiger partial charge on any atom is 0.303 e. The van der Waals surface area contributed by atoms with Crippen molar-refractivity contribution < 1.29 is 52.9 Å². The third-order valence-corrected chi connectivity index (χ3v) is 15.7. The highest BCUT2D eigenvalue weighted by molar-refractivity contribution is 8.00. The number of amides is 5. The number of hydrogen-bond acceptors (Lipinski definition) is 16. The van der Waals surface area contributed by atoms with E-state index in [4.69, 9.17) is 15.2 Å². The number of nitrogens with one attached hydrogen (secondary N) is 2. The number of imide groups is 1. The molecular weight excluding hydrogens is 963 g/mol. The van der Waals surface area contributed by atoms with Gasteiger partial charge >= 0.3 is 5.97 Å². The quantitative estimate of drug-likeness (QED) is 0.0276. The van der Waals surface area contributed by atoms with E-state index in [-0.39, 0.29) is 116 Å². The molecule has 5 amide bonds. The van der Waals surface area contributed by atoms with Crippen molar-refractivity contribution in [1.82, 2.24) is 25.0 Å². The van der Waals surface area contributed by atoms with Gasteiger partial charge in [0.05, 0.1) is 23.1 Å². The summed E-state index contributed by atoms with van der Waals surface area (Å²) in [7, 11) is 5.39. The van der Waals surface area contributed by atoms with Crippen LogP contribution in [0.2, 0.25) is 0 Å². The van der Waals surface area contributed by atoms with Gasteiger partial charge in [-0.2, -0.15) is 11.8 Å². The molecule has 7 atom stereocenters. The lowest BCUT2D eigenvalue weighted by Gasteiger charge is -2.38. The van der Waals surface area contributed by atoms with E-state index in [0.717, 1.165) is 11.3 Å². The number of rotatable bonds is 32. The fraction of sp³-hybridized carbons (Fsp3) is 0.673. The summed E-state index contributed by atoms with van der Waals surface area (Å²) >= 11 is 2.45. The van der Waals surface area contributed by atoms with E-state index in [1.807, 2.05) is 60.5 Å².